The fourth-order valence-corrected chi connectivity index (χ4v) is 3.76. The molecule has 4 rings (SSSR count). The molecule has 1 atom stereocenters. The van der Waals surface area contributed by atoms with Crippen molar-refractivity contribution in [2.75, 3.05) is 13.1 Å². The van der Waals surface area contributed by atoms with Gasteiger partial charge in [-0.3, -0.25) is 14.8 Å². The van der Waals surface area contributed by atoms with Crippen LogP contribution in [-0.2, 0) is 11.3 Å². The average molecular weight is 349 g/mol. The zero-order valence-electron chi connectivity index (χ0n) is 15.2. The Kier molecular flexibility index (Phi) is 4.41. The number of para-hydroxylation sites is 2. The van der Waals surface area contributed by atoms with Crippen molar-refractivity contribution in [1.82, 2.24) is 24.4 Å². The van der Waals surface area contributed by atoms with Crippen molar-refractivity contribution in [3.63, 3.8) is 0 Å². The van der Waals surface area contributed by atoms with E-state index < -0.39 is 0 Å². The van der Waals surface area contributed by atoms with Gasteiger partial charge < -0.3 is 9.47 Å². The molecule has 3 heterocycles. The van der Waals surface area contributed by atoms with Gasteiger partial charge in [0.1, 0.15) is 12.4 Å². The molecule has 0 spiro atoms. The molecular weight excluding hydrogens is 326 g/mol. The Morgan fingerprint density at radius 2 is 2.04 bits per heavy atom. The molecule has 134 valence electrons. The number of nitrogens with zero attached hydrogens (tertiary/aromatic N) is 5. The van der Waals surface area contributed by atoms with Crippen LogP contribution < -0.4 is 0 Å². The number of piperidine rings is 1. The zero-order valence-corrected chi connectivity index (χ0v) is 15.2. The van der Waals surface area contributed by atoms with E-state index in [9.17, 15) is 4.79 Å². The van der Waals surface area contributed by atoms with Crippen molar-refractivity contribution in [2.45, 2.75) is 39.2 Å². The monoisotopic (exact) mass is 349 g/mol. The molecule has 26 heavy (non-hydrogen) atoms. The van der Waals surface area contributed by atoms with Gasteiger partial charge in [0.15, 0.2) is 0 Å². The smallest absolute Gasteiger partial charge is 0.242 e. The minimum Gasteiger partial charge on any atom is -0.340 e. The molecule has 6 nitrogen and oxygen atoms in total. The van der Waals surface area contributed by atoms with Gasteiger partial charge >= 0.3 is 0 Å². The average Bonchev–Trinajstić information content (AvgIpc) is 2.97. The Morgan fingerprint density at radius 3 is 2.88 bits per heavy atom. The van der Waals surface area contributed by atoms with Crippen LogP contribution in [-0.4, -0.2) is 43.4 Å². The second-order valence-electron chi connectivity index (χ2n) is 7.00. The highest BCUT2D eigenvalue weighted by Crippen LogP contribution is 2.26. The molecule has 2 aromatic heterocycles. The highest BCUT2D eigenvalue weighted by molar-refractivity contribution is 5.81. The highest BCUT2D eigenvalue weighted by atomic mass is 16.2. The number of fused-ring (bicyclic) bond motifs is 1. The Morgan fingerprint density at radius 1 is 1.19 bits per heavy atom. The summed E-state index contributed by atoms with van der Waals surface area (Å²) in [7, 11) is 0. The van der Waals surface area contributed by atoms with Crippen LogP contribution in [0.25, 0.3) is 11.0 Å². The molecule has 0 saturated carbocycles. The summed E-state index contributed by atoms with van der Waals surface area (Å²) < 4.78 is 2.01. The van der Waals surface area contributed by atoms with Gasteiger partial charge in [-0.1, -0.05) is 12.1 Å². The molecule has 0 bridgehead atoms. The minimum atomic E-state index is 0.140. The van der Waals surface area contributed by atoms with Crippen LogP contribution in [0.1, 0.15) is 36.0 Å². The minimum absolute atomic E-state index is 0.140. The third-order valence-corrected chi connectivity index (χ3v) is 5.10. The maximum absolute atomic E-state index is 12.9. The summed E-state index contributed by atoms with van der Waals surface area (Å²) in [4.78, 5) is 28.3. The van der Waals surface area contributed by atoms with Crippen molar-refractivity contribution in [2.24, 2.45) is 0 Å². The lowest BCUT2D eigenvalue weighted by atomic mass is 9.95. The number of aryl methyl sites for hydroxylation is 2. The summed E-state index contributed by atoms with van der Waals surface area (Å²) in [6.07, 6.45) is 5.64. The summed E-state index contributed by atoms with van der Waals surface area (Å²) in [5.74, 6) is 1.28. The van der Waals surface area contributed by atoms with Crippen molar-refractivity contribution in [3.05, 3.63) is 53.9 Å². The third-order valence-electron chi connectivity index (χ3n) is 5.10. The highest BCUT2D eigenvalue weighted by Gasteiger charge is 2.26. The number of amides is 1. The number of hydrogen-bond acceptors (Lipinski definition) is 4. The van der Waals surface area contributed by atoms with E-state index in [1.54, 1.807) is 6.20 Å². The van der Waals surface area contributed by atoms with E-state index in [2.05, 4.69) is 15.0 Å². The third kappa shape index (κ3) is 3.19. The fourth-order valence-electron chi connectivity index (χ4n) is 3.76. The van der Waals surface area contributed by atoms with Crippen molar-refractivity contribution < 1.29 is 4.79 Å². The number of aromatic nitrogens is 4. The predicted molar refractivity (Wildman–Crippen MR) is 99.8 cm³/mol. The van der Waals surface area contributed by atoms with Gasteiger partial charge in [0.2, 0.25) is 5.91 Å². The molecule has 1 fully saturated rings. The molecule has 0 N–H and O–H groups in total. The predicted octanol–water partition coefficient (Wildman–Crippen LogP) is 2.85. The van der Waals surface area contributed by atoms with Crippen LogP contribution in [0.2, 0.25) is 0 Å². The van der Waals surface area contributed by atoms with Crippen LogP contribution in [0, 0.1) is 13.8 Å². The van der Waals surface area contributed by atoms with Crippen molar-refractivity contribution >= 4 is 16.9 Å². The normalized spacial score (nSPS) is 17.6. The Hall–Kier alpha value is -2.76. The summed E-state index contributed by atoms with van der Waals surface area (Å²) in [5, 5.41) is 0. The van der Waals surface area contributed by atoms with Gasteiger partial charge in [0, 0.05) is 31.4 Å². The van der Waals surface area contributed by atoms with Gasteiger partial charge in [0.25, 0.3) is 0 Å². The molecule has 1 aliphatic heterocycles. The topological polar surface area (TPSA) is 63.9 Å². The van der Waals surface area contributed by atoms with Crippen LogP contribution in [0.4, 0.5) is 0 Å². The van der Waals surface area contributed by atoms with E-state index >= 15 is 0 Å². The molecule has 0 aliphatic carbocycles. The Bertz CT molecular complexity index is 948. The fraction of sp³-hybridized carbons (Fsp3) is 0.400. The maximum atomic E-state index is 12.9. The standard InChI is InChI=1S/C20H23N5O/c1-14-10-21-11-18(22-14)16-6-5-9-24(12-16)20(26)13-25-15(2)23-17-7-3-4-8-19(17)25/h3-4,7-8,10-11,16H,5-6,9,12-13H2,1-2H3/t16-/m0/s1. The van der Waals surface area contributed by atoms with Crippen LogP contribution in [0.3, 0.4) is 0 Å². The number of likely N-dealkylation sites (tertiary alicyclic amines) is 1. The summed E-state index contributed by atoms with van der Waals surface area (Å²) in [6.45, 7) is 5.76. The first-order valence-electron chi connectivity index (χ1n) is 9.10. The quantitative estimate of drug-likeness (QED) is 0.729. The second kappa shape index (κ2) is 6.86. The lowest BCUT2D eigenvalue weighted by molar-refractivity contribution is -0.133. The molecule has 6 heteroatoms. The van der Waals surface area contributed by atoms with Crippen molar-refractivity contribution in [1.29, 1.82) is 0 Å². The summed E-state index contributed by atoms with van der Waals surface area (Å²) >= 11 is 0. The SMILES string of the molecule is Cc1cncc([C@H]2CCCN(C(=O)Cn3c(C)nc4ccccc43)C2)n1. The van der Waals surface area contributed by atoms with E-state index in [-0.39, 0.29) is 11.8 Å². The number of imidazole rings is 1. The Labute approximate surface area is 152 Å². The van der Waals surface area contributed by atoms with E-state index in [1.807, 2.05) is 53.8 Å². The number of rotatable bonds is 3. The van der Waals surface area contributed by atoms with Gasteiger partial charge in [-0.15, -0.1) is 0 Å². The zero-order chi connectivity index (χ0) is 18.1. The molecule has 0 unspecified atom stereocenters. The van der Waals surface area contributed by atoms with E-state index in [0.29, 0.717) is 13.1 Å². The lowest BCUT2D eigenvalue weighted by Crippen LogP contribution is -2.41. The summed E-state index contributed by atoms with van der Waals surface area (Å²) in [6, 6.07) is 7.96. The first-order valence-corrected chi connectivity index (χ1v) is 9.10. The lowest BCUT2D eigenvalue weighted by Gasteiger charge is -2.32. The van der Waals surface area contributed by atoms with E-state index in [1.165, 1.54) is 0 Å². The molecule has 1 aromatic carbocycles. The van der Waals surface area contributed by atoms with Gasteiger partial charge in [-0.25, -0.2) is 4.98 Å². The second-order valence-corrected chi connectivity index (χ2v) is 7.00. The number of carbonyl (C=O) groups excluding carboxylic acids is 1. The number of carbonyl (C=O) groups is 1. The van der Waals surface area contributed by atoms with Crippen LogP contribution in [0.5, 0.6) is 0 Å². The summed E-state index contributed by atoms with van der Waals surface area (Å²) in [5.41, 5.74) is 3.86. The van der Waals surface area contributed by atoms with Gasteiger partial charge in [-0.05, 0) is 38.8 Å². The van der Waals surface area contributed by atoms with Gasteiger partial charge in [0.05, 0.1) is 22.4 Å². The molecule has 0 radical (unpaired) electrons. The number of benzene rings is 1. The molecule has 1 saturated heterocycles. The molecular formula is C20H23N5O. The van der Waals surface area contributed by atoms with Crippen molar-refractivity contribution in [3.8, 4) is 0 Å². The van der Waals surface area contributed by atoms with E-state index in [0.717, 1.165) is 47.6 Å². The first kappa shape index (κ1) is 16.7. The Balaban J connectivity index is 1.51. The largest absolute Gasteiger partial charge is 0.340 e. The van der Waals surface area contributed by atoms with Crippen LogP contribution >= 0.6 is 0 Å². The molecule has 3 aromatic rings. The molecule has 1 amide bonds. The molecule has 1 aliphatic rings. The van der Waals surface area contributed by atoms with E-state index in [4.69, 9.17) is 0 Å². The van der Waals surface area contributed by atoms with Crippen LogP contribution in [0.15, 0.2) is 36.7 Å². The van der Waals surface area contributed by atoms with Gasteiger partial charge in [-0.2, -0.15) is 0 Å². The first-order chi connectivity index (χ1) is 12.6. The number of hydrogen-bond donors (Lipinski definition) is 0. The maximum Gasteiger partial charge on any atom is 0.242 e.